The molecule has 1 fully saturated rings. The number of carbonyl (C=O) groups is 2. The van der Waals surface area contributed by atoms with Crippen LogP contribution in [0.4, 0.5) is 14.5 Å². The monoisotopic (exact) mass is 395 g/mol. The summed E-state index contributed by atoms with van der Waals surface area (Å²) in [5, 5.41) is 4.94. The van der Waals surface area contributed by atoms with E-state index in [9.17, 15) is 26.8 Å². The average molecular weight is 395 g/mol. The van der Waals surface area contributed by atoms with Crippen LogP contribution in [0.5, 0.6) is 0 Å². The van der Waals surface area contributed by atoms with E-state index in [1.54, 1.807) is 0 Å². The molecule has 2 amide bonds. The van der Waals surface area contributed by atoms with Gasteiger partial charge < -0.3 is 10.6 Å². The number of halogens is 2. The molecule has 3 rings (SSSR count). The molecule has 7 nitrogen and oxygen atoms in total. The minimum absolute atomic E-state index is 0.111. The summed E-state index contributed by atoms with van der Waals surface area (Å²) in [5.74, 6) is -3.00. The lowest BCUT2D eigenvalue weighted by Crippen LogP contribution is -2.49. The van der Waals surface area contributed by atoms with Crippen molar-refractivity contribution in [3.8, 4) is 0 Å². The maximum atomic E-state index is 13.2. The van der Waals surface area contributed by atoms with Crippen LogP contribution in [-0.4, -0.2) is 44.2 Å². The molecule has 0 aromatic heterocycles. The van der Waals surface area contributed by atoms with Gasteiger partial charge in [-0.3, -0.25) is 9.59 Å². The van der Waals surface area contributed by atoms with Gasteiger partial charge in [-0.2, -0.15) is 4.31 Å². The summed E-state index contributed by atoms with van der Waals surface area (Å²) in [4.78, 5) is 23.5. The van der Waals surface area contributed by atoms with E-state index in [1.165, 1.54) is 24.3 Å². The van der Waals surface area contributed by atoms with E-state index in [-0.39, 0.29) is 35.8 Å². The quantitative estimate of drug-likeness (QED) is 0.817. The first-order valence-electron chi connectivity index (χ1n) is 7.90. The summed E-state index contributed by atoms with van der Waals surface area (Å²) in [7, 11) is -3.93. The van der Waals surface area contributed by atoms with Crippen LogP contribution in [0.2, 0.25) is 0 Å². The van der Waals surface area contributed by atoms with E-state index < -0.39 is 33.5 Å². The number of hydrogen-bond donors (Lipinski definition) is 2. The van der Waals surface area contributed by atoms with Gasteiger partial charge in [0.15, 0.2) is 0 Å². The summed E-state index contributed by atoms with van der Waals surface area (Å²) in [6.07, 6.45) is 0. The van der Waals surface area contributed by atoms with Gasteiger partial charge in [-0.05, 0) is 30.3 Å². The SMILES string of the molecule is O=C1CN(S(=O)(=O)c2cccc(NC(=O)c3cc(F)cc(F)c3)c2)CCN1. The van der Waals surface area contributed by atoms with E-state index in [0.717, 1.165) is 16.4 Å². The molecule has 0 unspecified atom stereocenters. The molecular weight excluding hydrogens is 380 g/mol. The van der Waals surface area contributed by atoms with Gasteiger partial charge in [0.25, 0.3) is 5.91 Å². The standard InChI is InChI=1S/C17H15F2N3O4S/c18-12-6-11(7-13(19)8-12)17(24)21-14-2-1-3-15(9-14)27(25,26)22-5-4-20-16(23)10-22/h1-3,6-9H,4-5,10H2,(H,20,23)(H,21,24). The second-order valence-corrected chi connectivity index (χ2v) is 7.77. The van der Waals surface area contributed by atoms with Crippen LogP contribution in [0.15, 0.2) is 47.4 Å². The van der Waals surface area contributed by atoms with Crippen LogP contribution in [-0.2, 0) is 14.8 Å². The Hall–Kier alpha value is -2.85. The minimum atomic E-state index is -3.93. The maximum Gasteiger partial charge on any atom is 0.255 e. The Bertz CT molecular complexity index is 991. The second-order valence-electron chi connectivity index (χ2n) is 5.83. The molecule has 2 N–H and O–H groups in total. The average Bonchev–Trinajstić information content (AvgIpc) is 2.61. The fraction of sp³-hybridized carbons (Fsp3) is 0.176. The van der Waals surface area contributed by atoms with E-state index in [0.29, 0.717) is 6.07 Å². The summed E-state index contributed by atoms with van der Waals surface area (Å²) >= 11 is 0. The van der Waals surface area contributed by atoms with Gasteiger partial charge >= 0.3 is 0 Å². The third-order valence-electron chi connectivity index (χ3n) is 3.86. The first-order valence-corrected chi connectivity index (χ1v) is 9.34. The molecule has 142 valence electrons. The molecule has 1 saturated heterocycles. The number of sulfonamides is 1. The van der Waals surface area contributed by atoms with Gasteiger partial charge in [0, 0.05) is 30.4 Å². The molecule has 2 aromatic rings. The number of carbonyl (C=O) groups excluding carboxylic acids is 2. The fourth-order valence-electron chi connectivity index (χ4n) is 2.59. The minimum Gasteiger partial charge on any atom is -0.354 e. The van der Waals surface area contributed by atoms with Crippen LogP contribution < -0.4 is 10.6 Å². The van der Waals surface area contributed by atoms with Crippen LogP contribution in [0.1, 0.15) is 10.4 Å². The molecular formula is C17H15F2N3O4S. The first-order chi connectivity index (χ1) is 12.8. The molecule has 0 radical (unpaired) electrons. The number of anilines is 1. The highest BCUT2D eigenvalue weighted by atomic mass is 32.2. The lowest BCUT2D eigenvalue weighted by Gasteiger charge is -2.26. The zero-order valence-electron chi connectivity index (χ0n) is 13.9. The molecule has 0 spiro atoms. The molecule has 10 heteroatoms. The van der Waals surface area contributed by atoms with Crippen molar-refractivity contribution in [2.45, 2.75) is 4.90 Å². The Kier molecular flexibility index (Phi) is 5.19. The van der Waals surface area contributed by atoms with Crippen molar-refractivity contribution in [2.75, 3.05) is 25.0 Å². The van der Waals surface area contributed by atoms with E-state index in [1.807, 2.05) is 0 Å². The molecule has 0 aliphatic carbocycles. The van der Waals surface area contributed by atoms with Gasteiger partial charge in [-0.15, -0.1) is 0 Å². The molecule has 0 atom stereocenters. The third kappa shape index (κ3) is 4.29. The third-order valence-corrected chi connectivity index (χ3v) is 5.70. The number of nitrogens with zero attached hydrogens (tertiary/aromatic N) is 1. The highest BCUT2D eigenvalue weighted by Gasteiger charge is 2.29. The molecule has 0 saturated carbocycles. The maximum absolute atomic E-state index is 13.2. The lowest BCUT2D eigenvalue weighted by molar-refractivity contribution is -0.122. The Labute approximate surface area is 154 Å². The van der Waals surface area contributed by atoms with Crippen molar-refractivity contribution in [1.82, 2.24) is 9.62 Å². The Morgan fingerprint density at radius 2 is 1.81 bits per heavy atom. The zero-order chi connectivity index (χ0) is 19.6. The molecule has 1 heterocycles. The number of benzene rings is 2. The lowest BCUT2D eigenvalue weighted by atomic mass is 10.2. The summed E-state index contributed by atoms with van der Waals surface area (Å²) in [6.45, 7) is 0.0499. The van der Waals surface area contributed by atoms with Gasteiger partial charge in [0.1, 0.15) is 11.6 Å². The van der Waals surface area contributed by atoms with E-state index in [4.69, 9.17) is 0 Å². The normalized spacial score (nSPS) is 15.3. The summed E-state index contributed by atoms with van der Waals surface area (Å²) in [5.41, 5.74) is -0.110. The smallest absolute Gasteiger partial charge is 0.255 e. The number of amides is 2. The predicted octanol–water partition coefficient (Wildman–Crippen LogP) is 1.34. The van der Waals surface area contributed by atoms with Crippen molar-refractivity contribution in [3.05, 3.63) is 59.7 Å². The highest BCUT2D eigenvalue weighted by molar-refractivity contribution is 7.89. The Balaban J connectivity index is 1.83. The molecule has 27 heavy (non-hydrogen) atoms. The second kappa shape index (κ2) is 7.41. The molecule has 1 aliphatic heterocycles. The number of hydrogen-bond acceptors (Lipinski definition) is 4. The number of piperazine rings is 1. The first kappa shape index (κ1) is 18.9. The summed E-state index contributed by atoms with van der Waals surface area (Å²) < 4.78 is 52.9. The van der Waals surface area contributed by atoms with Crippen molar-refractivity contribution in [3.63, 3.8) is 0 Å². The van der Waals surface area contributed by atoms with Gasteiger partial charge in [-0.25, -0.2) is 17.2 Å². The molecule has 0 bridgehead atoms. The van der Waals surface area contributed by atoms with Gasteiger partial charge in [-0.1, -0.05) is 6.07 Å². The zero-order valence-corrected chi connectivity index (χ0v) is 14.7. The van der Waals surface area contributed by atoms with Crippen molar-refractivity contribution in [1.29, 1.82) is 0 Å². The molecule has 1 aliphatic rings. The van der Waals surface area contributed by atoms with Crippen LogP contribution in [0.25, 0.3) is 0 Å². The topological polar surface area (TPSA) is 95.6 Å². The van der Waals surface area contributed by atoms with E-state index >= 15 is 0 Å². The Morgan fingerprint density at radius 1 is 1.11 bits per heavy atom. The van der Waals surface area contributed by atoms with Crippen LogP contribution in [0.3, 0.4) is 0 Å². The largest absolute Gasteiger partial charge is 0.354 e. The van der Waals surface area contributed by atoms with Gasteiger partial charge in [0.2, 0.25) is 15.9 Å². The van der Waals surface area contributed by atoms with Crippen molar-refractivity contribution in [2.24, 2.45) is 0 Å². The highest BCUT2D eigenvalue weighted by Crippen LogP contribution is 2.21. The van der Waals surface area contributed by atoms with Crippen molar-refractivity contribution >= 4 is 27.5 Å². The van der Waals surface area contributed by atoms with E-state index in [2.05, 4.69) is 10.6 Å². The number of nitrogens with one attached hydrogen (secondary N) is 2. The predicted molar refractivity (Wildman–Crippen MR) is 92.5 cm³/mol. The summed E-state index contributed by atoms with van der Waals surface area (Å²) in [6, 6.07) is 7.78. The molecule has 2 aromatic carbocycles. The number of rotatable bonds is 4. The van der Waals surface area contributed by atoms with Gasteiger partial charge in [0.05, 0.1) is 11.4 Å². The fourth-order valence-corrected chi connectivity index (χ4v) is 4.04. The van der Waals surface area contributed by atoms with Crippen LogP contribution in [0, 0.1) is 11.6 Å². The Morgan fingerprint density at radius 3 is 2.48 bits per heavy atom. The van der Waals surface area contributed by atoms with Crippen molar-refractivity contribution < 1.29 is 26.8 Å². The van der Waals surface area contributed by atoms with Crippen LogP contribution >= 0.6 is 0 Å².